The molecule has 0 rings (SSSR count). The summed E-state index contributed by atoms with van der Waals surface area (Å²) in [5.41, 5.74) is 1.15. The summed E-state index contributed by atoms with van der Waals surface area (Å²) in [7, 11) is 0. The number of carboxylic acids is 1. The van der Waals surface area contributed by atoms with Crippen LogP contribution in [0.25, 0.3) is 0 Å². The summed E-state index contributed by atoms with van der Waals surface area (Å²) in [4.78, 5) is 10.5. The molecule has 0 spiro atoms. The minimum absolute atomic E-state index is 0.258. The van der Waals surface area contributed by atoms with Crippen molar-refractivity contribution in [2.45, 2.75) is 39.0 Å². The molecule has 0 aromatic rings. The lowest BCUT2D eigenvalue weighted by molar-refractivity contribution is -0.141. The second-order valence-corrected chi connectivity index (χ2v) is 3.71. The van der Waals surface area contributed by atoms with Crippen LogP contribution in [-0.2, 0) is 4.79 Å². The lowest BCUT2D eigenvalue weighted by atomic mass is 9.99. The highest BCUT2D eigenvalue weighted by Gasteiger charge is 2.10. The number of hydrogen-bond acceptors (Lipinski definition) is 1. The van der Waals surface area contributed by atoms with E-state index in [2.05, 4.69) is 13.2 Å². The van der Waals surface area contributed by atoms with Gasteiger partial charge in [-0.15, -0.1) is 6.58 Å². The van der Waals surface area contributed by atoms with E-state index in [1.54, 1.807) is 6.92 Å². The highest BCUT2D eigenvalue weighted by molar-refractivity contribution is 5.69. The first-order chi connectivity index (χ1) is 6.57. The van der Waals surface area contributed by atoms with Gasteiger partial charge in [0.2, 0.25) is 0 Å². The number of unbranched alkanes of at least 4 members (excludes halogenated alkanes) is 1. The van der Waals surface area contributed by atoms with Crippen molar-refractivity contribution in [3.63, 3.8) is 0 Å². The van der Waals surface area contributed by atoms with Crippen molar-refractivity contribution < 1.29 is 9.90 Å². The van der Waals surface area contributed by atoms with E-state index < -0.39 is 5.97 Å². The van der Waals surface area contributed by atoms with Gasteiger partial charge >= 0.3 is 5.97 Å². The minimum Gasteiger partial charge on any atom is -0.481 e. The molecule has 0 saturated heterocycles. The average Bonchev–Trinajstić information content (AvgIpc) is 2.14. The van der Waals surface area contributed by atoms with E-state index in [4.69, 9.17) is 5.11 Å². The van der Waals surface area contributed by atoms with Gasteiger partial charge in [-0.05, 0) is 32.1 Å². The van der Waals surface area contributed by atoms with E-state index in [1.165, 1.54) is 0 Å². The van der Waals surface area contributed by atoms with Crippen LogP contribution < -0.4 is 0 Å². The summed E-state index contributed by atoms with van der Waals surface area (Å²) in [6.07, 6.45) is 6.48. The zero-order chi connectivity index (χ0) is 11.0. The molecule has 1 unspecified atom stereocenters. The lowest BCUT2D eigenvalue weighted by Gasteiger charge is -2.07. The summed E-state index contributed by atoms with van der Waals surface area (Å²) in [6, 6.07) is 0. The summed E-state index contributed by atoms with van der Waals surface area (Å²) < 4.78 is 0. The smallest absolute Gasteiger partial charge is 0.306 e. The predicted molar refractivity (Wildman–Crippen MR) is 59.2 cm³/mol. The van der Waals surface area contributed by atoms with Crippen molar-refractivity contribution in [2.75, 3.05) is 0 Å². The van der Waals surface area contributed by atoms with Gasteiger partial charge < -0.3 is 5.11 Å². The fourth-order valence-electron chi connectivity index (χ4n) is 1.17. The maximum atomic E-state index is 10.5. The first-order valence-electron chi connectivity index (χ1n) is 5.08. The van der Waals surface area contributed by atoms with Crippen LogP contribution in [0.15, 0.2) is 24.8 Å². The molecule has 1 N–H and O–H groups in total. The molecule has 0 saturated carbocycles. The molecule has 0 aliphatic carbocycles. The molecule has 14 heavy (non-hydrogen) atoms. The Bertz CT molecular complexity index is 206. The van der Waals surface area contributed by atoms with Crippen LogP contribution in [0.5, 0.6) is 0 Å². The average molecular weight is 196 g/mol. The molecule has 1 atom stereocenters. The van der Waals surface area contributed by atoms with Gasteiger partial charge in [0.15, 0.2) is 0 Å². The van der Waals surface area contributed by atoms with Crippen LogP contribution in [0.3, 0.4) is 0 Å². The van der Waals surface area contributed by atoms with Gasteiger partial charge in [0.25, 0.3) is 0 Å². The highest BCUT2D eigenvalue weighted by atomic mass is 16.4. The lowest BCUT2D eigenvalue weighted by Crippen LogP contribution is -2.09. The zero-order valence-electron chi connectivity index (χ0n) is 8.96. The summed E-state index contributed by atoms with van der Waals surface area (Å²) in [5.74, 6) is -0.977. The SMILES string of the molecule is C=CCCCC(=C)CCC(C)C(=O)O. The Morgan fingerprint density at radius 2 is 2.14 bits per heavy atom. The van der Waals surface area contributed by atoms with Crippen molar-refractivity contribution in [3.05, 3.63) is 24.8 Å². The molecule has 0 radical (unpaired) electrons. The monoisotopic (exact) mass is 196 g/mol. The molecule has 80 valence electrons. The normalized spacial score (nSPS) is 12.1. The Kier molecular flexibility index (Phi) is 6.81. The third-order valence-electron chi connectivity index (χ3n) is 2.29. The zero-order valence-corrected chi connectivity index (χ0v) is 8.96. The molecular formula is C12H20O2. The Labute approximate surface area is 86.3 Å². The Hall–Kier alpha value is -1.05. The van der Waals surface area contributed by atoms with Gasteiger partial charge in [-0.1, -0.05) is 25.2 Å². The quantitative estimate of drug-likeness (QED) is 0.477. The Morgan fingerprint density at radius 1 is 1.50 bits per heavy atom. The van der Waals surface area contributed by atoms with Crippen LogP contribution in [-0.4, -0.2) is 11.1 Å². The van der Waals surface area contributed by atoms with Crippen molar-refractivity contribution in [3.8, 4) is 0 Å². The van der Waals surface area contributed by atoms with Crippen molar-refractivity contribution >= 4 is 5.97 Å². The summed E-state index contributed by atoms with van der Waals surface area (Å²) in [6.45, 7) is 9.31. The van der Waals surface area contributed by atoms with Crippen molar-refractivity contribution in [1.82, 2.24) is 0 Å². The van der Waals surface area contributed by atoms with Gasteiger partial charge in [-0.2, -0.15) is 0 Å². The molecule has 0 aromatic heterocycles. The number of aliphatic carboxylic acids is 1. The molecule has 0 aliphatic rings. The van der Waals surface area contributed by atoms with E-state index in [0.717, 1.165) is 31.3 Å². The second-order valence-electron chi connectivity index (χ2n) is 3.71. The maximum absolute atomic E-state index is 10.5. The molecule has 2 heteroatoms. The van der Waals surface area contributed by atoms with E-state index in [-0.39, 0.29) is 5.92 Å². The number of rotatable bonds is 8. The summed E-state index contributed by atoms with van der Waals surface area (Å²) >= 11 is 0. The van der Waals surface area contributed by atoms with Crippen molar-refractivity contribution in [1.29, 1.82) is 0 Å². The fraction of sp³-hybridized carbons (Fsp3) is 0.583. The second kappa shape index (κ2) is 7.36. The number of hydrogen-bond donors (Lipinski definition) is 1. The molecule has 0 amide bonds. The van der Waals surface area contributed by atoms with Crippen LogP contribution >= 0.6 is 0 Å². The molecular weight excluding hydrogens is 176 g/mol. The standard InChI is InChI=1S/C12H20O2/c1-4-5-6-7-10(2)8-9-11(3)12(13)14/h4,11H,1-2,5-9H2,3H3,(H,13,14). The molecule has 2 nitrogen and oxygen atoms in total. The highest BCUT2D eigenvalue weighted by Crippen LogP contribution is 2.15. The molecule has 0 heterocycles. The minimum atomic E-state index is -0.719. The van der Waals surface area contributed by atoms with E-state index >= 15 is 0 Å². The maximum Gasteiger partial charge on any atom is 0.306 e. The van der Waals surface area contributed by atoms with Crippen molar-refractivity contribution in [2.24, 2.45) is 5.92 Å². The topological polar surface area (TPSA) is 37.3 Å². The third-order valence-corrected chi connectivity index (χ3v) is 2.29. The van der Waals surface area contributed by atoms with Crippen LogP contribution in [0, 0.1) is 5.92 Å². The van der Waals surface area contributed by atoms with Crippen LogP contribution in [0.1, 0.15) is 39.0 Å². The van der Waals surface area contributed by atoms with Gasteiger partial charge in [0.1, 0.15) is 0 Å². The van der Waals surface area contributed by atoms with E-state index in [0.29, 0.717) is 6.42 Å². The van der Waals surface area contributed by atoms with E-state index in [1.807, 2.05) is 6.08 Å². The van der Waals surface area contributed by atoms with Gasteiger partial charge in [-0.3, -0.25) is 4.79 Å². The van der Waals surface area contributed by atoms with Gasteiger partial charge in [-0.25, -0.2) is 0 Å². The molecule has 0 fully saturated rings. The van der Waals surface area contributed by atoms with Gasteiger partial charge in [0, 0.05) is 0 Å². The van der Waals surface area contributed by atoms with Gasteiger partial charge in [0.05, 0.1) is 5.92 Å². The molecule has 0 aliphatic heterocycles. The predicted octanol–water partition coefficient (Wildman–Crippen LogP) is 3.40. The molecule has 0 bridgehead atoms. The van der Waals surface area contributed by atoms with E-state index in [9.17, 15) is 4.79 Å². The molecule has 0 aromatic carbocycles. The van der Waals surface area contributed by atoms with Crippen LogP contribution in [0.4, 0.5) is 0 Å². The van der Waals surface area contributed by atoms with Crippen LogP contribution in [0.2, 0.25) is 0 Å². The third kappa shape index (κ3) is 6.46. The largest absolute Gasteiger partial charge is 0.481 e. The number of carbonyl (C=O) groups is 1. The Balaban J connectivity index is 3.53. The summed E-state index contributed by atoms with van der Waals surface area (Å²) in [5, 5.41) is 8.67. The number of allylic oxidation sites excluding steroid dienone is 2. The Morgan fingerprint density at radius 3 is 2.64 bits per heavy atom. The fourth-order valence-corrected chi connectivity index (χ4v) is 1.17. The first kappa shape index (κ1) is 12.9. The first-order valence-corrected chi connectivity index (χ1v) is 5.08. The number of carboxylic acid groups (broad SMARTS) is 1.